The number of nitrogens with zero attached hydrogens (tertiary/aromatic N) is 4. The maximum atomic E-state index is 13.3. The number of para-hydroxylation sites is 1. The molecule has 0 fully saturated rings. The Hall–Kier alpha value is -4.33. The fraction of sp³-hybridized carbons (Fsp3) is 0.125. The van der Waals surface area contributed by atoms with Crippen LogP contribution < -0.4 is 15.2 Å². The molecule has 3 heterocycles. The number of fused-ring (bicyclic) bond motifs is 2. The number of aromatic nitrogens is 2. The van der Waals surface area contributed by atoms with Gasteiger partial charge in [0.05, 0.1) is 29.6 Å². The molecule has 160 valence electrons. The molecule has 0 atom stereocenters. The Morgan fingerprint density at radius 2 is 1.88 bits per heavy atom. The fourth-order valence-corrected chi connectivity index (χ4v) is 3.48. The molecular weight excluding hydrogens is 408 g/mol. The molecular formula is C24H20N4O4. The number of rotatable bonds is 5. The van der Waals surface area contributed by atoms with Gasteiger partial charge in [-0.15, -0.1) is 0 Å². The lowest BCUT2D eigenvalue weighted by Crippen LogP contribution is -2.20. The van der Waals surface area contributed by atoms with Gasteiger partial charge in [0.2, 0.25) is 5.82 Å². The number of anilines is 1. The lowest BCUT2D eigenvalue weighted by molar-refractivity contribution is 0.419. The van der Waals surface area contributed by atoms with E-state index in [9.17, 15) is 4.79 Å². The van der Waals surface area contributed by atoms with Gasteiger partial charge >= 0.3 is 0 Å². The summed E-state index contributed by atoms with van der Waals surface area (Å²) in [7, 11) is 5.36. The van der Waals surface area contributed by atoms with Crippen molar-refractivity contribution in [1.29, 1.82) is 0 Å². The Morgan fingerprint density at radius 1 is 1.03 bits per heavy atom. The number of ether oxygens (including phenoxy) is 1. The van der Waals surface area contributed by atoms with Gasteiger partial charge < -0.3 is 18.5 Å². The summed E-state index contributed by atoms with van der Waals surface area (Å²) in [5.41, 5.74) is 0.867. The van der Waals surface area contributed by atoms with Crippen LogP contribution in [0.4, 0.5) is 5.88 Å². The maximum Gasteiger partial charge on any atom is 0.282 e. The maximum absolute atomic E-state index is 13.3. The summed E-state index contributed by atoms with van der Waals surface area (Å²) in [4.78, 5) is 19.8. The lowest BCUT2D eigenvalue weighted by atomic mass is 10.2. The Bertz CT molecular complexity index is 1520. The summed E-state index contributed by atoms with van der Waals surface area (Å²) >= 11 is 0. The van der Waals surface area contributed by atoms with E-state index in [1.807, 2.05) is 49.3 Å². The normalized spacial score (nSPS) is 11.6. The van der Waals surface area contributed by atoms with E-state index >= 15 is 0 Å². The van der Waals surface area contributed by atoms with Gasteiger partial charge in [0.1, 0.15) is 17.1 Å². The van der Waals surface area contributed by atoms with Crippen molar-refractivity contribution >= 4 is 34.0 Å². The number of furan rings is 2. The molecule has 0 saturated heterocycles. The number of hydrogen-bond donors (Lipinski definition) is 0. The predicted molar refractivity (Wildman–Crippen MR) is 124 cm³/mol. The van der Waals surface area contributed by atoms with Crippen molar-refractivity contribution in [3.8, 4) is 17.3 Å². The predicted octanol–water partition coefficient (Wildman–Crippen LogP) is 4.36. The van der Waals surface area contributed by atoms with Gasteiger partial charge in [0.15, 0.2) is 11.6 Å². The fourth-order valence-electron chi connectivity index (χ4n) is 3.48. The third-order valence-electron chi connectivity index (χ3n) is 5.07. The van der Waals surface area contributed by atoms with Crippen LogP contribution in [-0.2, 0) is 0 Å². The van der Waals surface area contributed by atoms with Gasteiger partial charge in [-0.2, -0.15) is 9.78 Å². The van der Waals surface area contributed by atoms with E-state index in [2.05, 4.69) is 10.1 Å². The summed E-state index contributed by atoms with van der Waals surface area (Å²) < 4.78 is 18.4. The van der Waals surface area contributed by atoms with Gasteiger partial charge in [-0.05, 0) is 36.4 Å². The van der Waals surface area contributed by atoms with Crippen molar-refractivity contribution in [2.24, 2.45) is 5.10 Å². The summed E-state index contributed by atoms with van der Waals surface area (Å²) in [5.74, 6) is 2.54. The van der Waals surface area contributed by atoms with E-state index < -0.39 is 0 Å². The molecule has 8 heteroatoms. The van der Waals surface area contributed by atoms with Crippen LogP contribution >= 0.6 is 0 Å². The van der Waals surface area contributed by atoms with E-state index in [0.29, 0.717) is 39.6 Å². The van der Waals surface area contributed by atoms with Crippen LogP contribution in [0.15, 0.2) is 79.4 Å². The second kappa shape index (κ2) is 7.73. The van der Waals surface area contributed by atoms with Crippen LogP contribution in [0.1, 0.15) is 5.76 Å². The molecule has 0 radical (unpaired) electrons. The molecule has 0 aliphatic heterocycles. The highest BCUT2D eigenvalue weighted by Crippen LogP contribution is 2.32. The minimum absolute atomic E-state index is 0.280. The molecule has 0 aliphatic carbocycles. The smallest absolute Gasteiger partial charge is 0.282 e. The number of methoxy groups -OCH3 is 1. The minimum atomic E-state index is -0.311. The minimum Gasteiger partial charge on any atom is -0.496 e. The number of benzene rings is 2. The zero-order chi connectivity index (χ0) is 22.2. The first-order valence-corrected chi connectivity index (χ1v) is 9.95. The molecule has 8 nitrogen and oxygen atoms in total. The largest absolute Gasteiger partial charge is 0.496 e. The third kappa shape index (κ3) is 3.31. The van der Waals surface area contributed by atoms with Crippen molar-refractivity contribution in [1.82, 2.24) is 9.66 Å². The second-order valence-electron chi connectivity index (χ2n) is 7.37. The third-order valence-corrected chi connectivity index (χ3v) is 5.07. The van der Waals surface area contributed by atoms with Crippen LogP contribution in [-0.4, -0.2) is 37.1 Å². The van der Waals surface area contributed by atoms with Gasteiger partial charge in [0, 0.05) is 20.2 Å². The second-order valence-corrected chi connectivity index (χ2v) is 7.37. The Kier molecular flexibility index (Phi) is 4.74. The molecule has 0 saturated carbocycles. The van der Waals surface area contributed by atoms with Crippen LogP contribution in [0, 0.1) is 0 Å². The Balaban J connectivity index is 1.71. The molecule has 32 heavy (non-hydrogen) atoms. The van der Waals surface area contributed by atoms with Crippen LogP contribution in [0.25, 0.3) is 33.5 Å². The van der Waals surface area contributed by atoms with Crippen LogP contribution in [0.3, 0.4) is 0 Å². The van der Waals surface area contributed by atoms with Gasteiger partial charge in [0.25, 0.3) is 5.56 Å². The first-order chi connectivity index (χ1) is 15.5. The highest BCUT2D eigenvalue weighted by molar-refractivity contribution is 5.88. The summed E-state index contributed by atoms with van der Waals surface area (Å²) in [6.07, 6.45) is 1.48. The van der Waals surface area contributed by atoms with Crippen molar-refractivity contribution in [2.75, 3.05) is 26.1 Å². The SMILES string of the molecule is COc1cccc2oc(-c3nc4ccccc4c(=O)n3N=Cc3ccc(N(C)C)o3)cc12. The van der Waals surface area contributed by atoms with Crippen molar-refractivity contribution in [3.63, 3.8) is 0 Å². The Labute approximate surface area is 183 Å². The Morgan fingerprint density at radius 3 is 2.66 bits per heavy atom. The monoisotopic (exact) mass is 428 g/mol. The molecule has 0 unspecified atom stereocenters. The van der Waals surface area contributed by atoms with Crippen molar-refractivity contribution < 1.29 is 13.6 Å². The van der Waals surface area contributed by atoms with Crippen LogP contribution in [0.5, 0.6) is 5.75 Å². The van der Waals surface area contributed by atoms with Crippen LogP contribution in [0.2, 0.25) is 0 Å². The zero-order valence-electron chi connectivity index (χ0n) is 17.8. The summed E-state index contributed by atoms with van der Waals surface area (Å²) in [6.45, 7) is 0. The topological polar surface area (TPSA) is 86.0 Å². The zero-order valence-corrected chi connectivity index (χ0v) is 17.8. The van der Waals surface area contributed by atoms with Gasteiger partial charge in [-0.1, -0.05) is 18.2 Å². The highest BCUT2D eigenvalue weighted by atomic mass is 16.5. The van der Waals surface area contributed by atoms with E-state index in [0.717, 1.165) is 5.39 Å². The quantitative estimate of drug-likeness (QED) is 0.387. The summed E-state index contributed by atoms with van der Waals surface area (Å²) in [6, 6.07) is 18.1. The molecule has 0 N–H and O–H groups in total. The number of hydrogen-bond acceptors (Lipinski definition) is 7. The molecule has 0 bridgehead atoms. The average Bonchev–Trinajstić information content (AvgIpc) is 3.45. The van der Waals surface area contributed by atoms with E-state index in [4.69, 9.17) is 13.6 Å². The lowest BCUT2D eigenvalue weighted by Gasteiger charge is -2.07. The van der Waals surface area contributed by atoms with Crippen molar-refractivity contribution in [3.05, 3.63) is 76.8 Å². The standard InChI is InChI=1S/C24H20N4O4/c1-27(2)22-12-11-15(31-22)14-25-28-23(26-18-8-5-4-7-16(18)24(28)29)21-13-17-19(30-3)9-6-10-20(17)32-21/h4-14H,1-3H3. The molecule has 5 rings (SSSR count). The molecule has 0 spiro atoms. The first-order valence-electron chi connectivity index (χ1n) is 9.95. The van der Waals surface area contributed by atoms with E-state index in [1.54, 1.807) is 37.4 Å². The van der Waals surface area contributed by atoms with E-state index in [1.165, 1.54) is 10.9 Å². The highest BCUT2D eigenvalue weighted by Gasteiger charge is 2.18. The van der Waals surface area contributed by atoms with Crippen molar-refractivity contribution in [2.45, 2.75) is 0 Å². The molecule has 2 aromatic carbocycles. The van der Waals surface area contributed by atoms with Gasteiger partial charge in [-0.3, -0.25) is 4.79 Å². The molecule has 0 amide bonds. The van der Waals surface area contributed by atoms with Gasteiger partial charge in [-0.25, -0.2) is 4.98 Å². The summed E-state index contributed by atoms with van der Waals surface area (Å²) in [5, 5.41) is 5.64. The average molecular weight is 428 g/mol. The molecule has 3 aromatic heterocycles. The first kappa shape index (κ1) is 19.6. The van der Waals surface area contributed by atoms with E-state index in [-0.39, 0.29) is 11.4 Å². The molecule has 5 aromatic rings. The molecule has 0 aliphatic rings.